The van der Waals surface area contributed by atoms with Gasteiger partial charge in [-0.05, 0) is 31.2 Å². The second-order valence-electron chi connectivity index (χ2n) is 7.31. The fourth-order valence-corrected chi connectivity index (χ4v) is 3.94. The summed E-state index contributed by atoms with van der Waals surface area (Å²) < 4.78 is 21.3. The number of hydrogen-bond acceptors (Lipinski definition) is 4. The van der Waals surface area contributed by atoms with Gasteiger partial charge in [0.05, 0.1) is 23.9 Å². The molecule has 0 saturated carbocycles. The van der Waals surface area contributed by atoms with Gasteiger partial charge in [-0.2, -0.15) is 5.10 Å². The Morgan fingerprint density at radius 2 is 1.87 bits per heavy atom. The summed E-state index contributed by atoms with van der Waals surface area (Å²) in [5, 5.41) is 5.18. The first-order valence-electron chi connectivity index (χ1n) is 9.74. The first-order valence-corrected chi connectivity index (χ1v) is 9.74. The Balaban J connectivity index is 1.48. The normalized spacial score (nSPS) is 14.3. The van der Waals surface area contributed by atoms with E-state index in [2.05, 4.69) is 10.1 Å². The molecule has 3 heterocycles. The van der Waals surface area contributed by atoms with E-state index in [-0.39, 0.29) is 11.8 Å². The molecule has 2 amide bonds. The van der Waals surface area contributed by atoms with E-state index < -0.39 is 0 Å². The van der Waals surface area contributed by atoms with E-state index in [0.29, 0.717) is 31.2 Å². The van der Waals surface area contributed by atoms with Crippen molar-refractivity contribution in [2.24, 2.45) is 0 Å². The first-order chi connectivity index (χ1) is 14.5. The summed E-state index contributed by atoms with van der Waals surface area (Å²) in [5.74, 6) is 0.970. The molecule has 5 rings (SSSR count). The SMILES string of the molecule is Cc1nc(CN2CCN(c3cccc4c3cnn4-c3ccccc3F)C2=O)c(C)o1. The minimum atomic E-state index is -0.352. The quantitative estimate of drug-likeness (QED) is 0.510. The highest BCUT2D eigenvalue weighted by atomic mass is 19.1. The van der Waals surface area contributed by atoms with Crippen LogP contribution in [0, 0.1) is 19.7 Å². The third-order valence-electron chi connectivity index (χ3n) is 5.40. The maximum atomic E-state index is 14.3. The molecule has 2 aromatic carbocycles. The summed E-state index contributed by atoms with van der Waals surface area (Å²) in [7, 11) is 0. The van der Waals surface area contributed by atoms with Crippen LogP contribution in [0.3, 0.4) is 0 Å². The van der Waals surface area contributed by atoms with Crippen LogP contribution >= 0.6 is 0 Å². The van der Waals surface area contributed by atoms with Crippen LogP contribution in [-0.2, 0) is 6.54 Å². The summed E-state index contributed by atoms with van der Waals surface area (Å²) in [4.78, 5) is 21.0. The summed E-state index contributed by atoms with van der Waals surface area (Å²) in [6.07, 6.45) is 1.68. The highest BCUT2D eigenvalue weighted by molar-refractivity contribution is 6.03. The van der Waals surface area contributed by atoms with Gasteiger partial charge in [0, 0.05) is 25.4 Å². The summed E-state index contributed by atoms with van der Waals surface area (Å²) >= 11 is 0. The molecule has 152 valence electrons. The van der Waals surface area contributed by atoms with Crippen LogP contribution in [0.5, 0.6) is 0 Å². The number of aryl methyl sites for hydroxylation is 2. The number of oxazole rings is 1. The lowest BCUT2D eigenvalue weighted by atomic mass is 10.2. The number of nitrogens with zero attached hydrogens (tertiary/aromatic N) is 5. The number of anilines is 1. The Labute approximate surface area is 172 Å². The zero-order valence-corrected chi connectivity index (χ0v) is 16.7. The van der Waals surface area contributed by atoms with E-state index in [9.17, 15) is 9.18 Å². The molecule has 0 spiro atoms. The molecular formula is C22H20FN5O2. The molecule has 1 fully saturated rings. The fourth-order valence-electron chi connectivity index (χ4n) is 3.94. The summed E-state index contributed by atoms with van der Waals surface area (Å²) in [5.41, 5.74) is 2.65. The monoisotopic (exact) mass is 405 g/mol. The highest BCUT2D eigenvalue weighted by Crippen LogP contribution is 2.31. The molecule has 1 aliphatic rings. The number of amides is 2. The van der Waals surface area contributed by atoms with Gasteiger partial charge in [0.25, 0.3) is 0 Å². The standard InChI is InChI=1S/C22H20FN5O2/c1-14-18(25-15(2)30-14)13-26-10-11-27(22(26)29)19-8-5-9-20-16(19)12-24-28(20)21-7-4-3-6-17(21)23/h3-9,12H,10-11,13H2,1-2H3. The number of aromatic nitrogens is 3. The minimum absolute atomic E-state index is 0.0961. The Morgan fingerprint density at radius 1 is 1.07 bits per heavy atom. The van der Waals surface area contributed by atoms with Gasteiger partial charge in [-0.1, -0.05) is 18.2 Å². The van der Waals surface area contributed by atoms with Gasteiger partial charge < -0.3 is 9.32 Å². The van der Waals surface area contributed by atoms with Crippen molar-refractivity contribution in [2.45, 2.75) is 20.4 Å². The molecule has 0 radical (unpaired) electrons. The van der Waals surface area contributed by atoms with Crippen molar-refractivity contribution in [2.75, 3.05) is 18.0 Å². The van der Waals surface area contributed by atoms with E-state index in [4.69, 9.17) is 4.42 Å². The van der Waals surface area contributed by atoms with Crippen LogP contribution in [0.25, 0.3) is 16.6 Å². The van der Waals surface area contributed by atoms with Crippen LogP contribution in [0.2, 0.25) is 0 Å². The van der Waals surface area contributed by atoms with Gasteiger partial charge in [0.15, 0.2) is 5.89 Å². The predicted octanol–water partition coefficient (Wildman–Crippen LogP) is 4.21. The molecule has 1 aliphatic heterocycles. The van der Waals surface area contributed by atoms with Crippen LogP contribution in [0.15, 0.2) is 53.1 Å². The lowest BCUT2D eigenvalue weighted by Gasteiger charge is -2.19. The van der Waals surface area contributed by atoms with Crippen molar-refractivity contribution in [3.63, 3.8) is 0 Å². The Morgan fingerprint density at radius 3 is 2.63 bits per heavy atom. The van der Waals surface area contributed by atoms with Crippen LogP contribution in [-0.4, -0.2) is 38.8 Å². The predicted molar refractivity (Wildman–Crippen MR) is 110 cm³/mol. The minimum Gasteiger partial charge on any atom is -0.446 e. The third-order valence-corrected chi connectivity index (χ3v) is 5.40. The van der Waals surface area contributed by atoms with Crippen molar-refractivity contribution in [1.82, 2.24) is 19.7 Å². The van der Waals surface area contributed by atoms with Gasteiger partial charge in [0.2, 0.25) is 0 Å². The van der Waals surface area contributed by atoms with Crippen LogP contribution in [0.1, 0.15) is 17.3 Å². The number of halogens is 1. The van der Waals surface area contributed by atoms with Crippen molar-refractivity contribution in [3.05, 3.63) is 71.8 Å². The first kappa shape index (κ1) is 18.4. The second kappa shape index (κ2) is 6.98. The molecule has 30 heavy (non-hydrogen) atoms. The smallest absolute Gasteiger partial charge is 0.324 e. The number of fused-ring (bicyclic) bond motifs is 1. The fraction of sp³-hybridized carbons (Fsp3) is 0.227. The Bertz CT molecular complexity index is 1260. The topological polar surface area (TPSA) is 67.4 Å². The number of hydrogen-bond donors (Lipinski definition) is 0. The Kier molecular flexibility index (Phi) is 4.27. The lowest BCUT2D eigenvalue weighted by molar-refractivity contribution is 0.218. The average Bonchev–Trinajstić information content (AvgIpc) is 3.40. The van der Waals surface area contributed by atoms with E-state index in [0.717, 1.165) is 28.0 Å². The molecule has 1 saturated heterocycles. The van der Waals surface area contributed by atoms with Crippen LogP contribution < -0.4 is 4.90 Å². The number of para-hydroxylation sites is 1. The molecule has 0 atom stereocenters. The van der Waals surface area contributed by atoms with E-state index in [1.54, 1.807) is 45.8 Å². The molecule has 4 aromatic rings. The third kappa shape index (κ3) is 2.92. The number of urea groups is 1. The number of rotatable bonds is 4. The molecule has 0 aliphatic carbocycles. The zero-order chi connectivity index (χ0) is 20.8. The van der Waals surface area contributed by atoms with Crippen molar-refractivity contribution < 1.29 is 13.6 Å². The van der Waals surface area contributed by atoms with E-state index in [1.165, 1.54) is 6.07 Å². The molecule has 0 bridgehead atoms. The highest BCUT2D eigenvalue weighted by Gasteiger charge is 2.32. The van der Waals surface area contributed by atoms with Crippen molar-refractivity contribution in [3.8, 4) is 5.69 Å². The number of benzene rings is 2. The van der Waals surface area contributed by atoms with Gasteiger partial charge in [-0.25, -0.2) is 18.9 Å². The molecule has 8 heteroatoms. The summed E-state index contributed by atoms with van der Waals surface area (Å²) in [6.45, 7) is 5.19. The molecule has 7 nitrogen and oxygen atoms in total. The number of carbonyl (C=O) groups is 1. The van der Waals surface area contributed by atoms with Gasteiger partial charge in [-0.3, -0.25) is 4.90 Å². The second-order valence-corrected chi connectivity index (χ2v) is 7.31. The molecule has 2 aromatic heterocycles. The van der Waals surface area contributed by atoms with Gasteiger partial charge >= 0.3 is 6.03 Å². The largest absolute Gasteiger partial charge is 0.446 e. The van der Waals surface area contributed by atoms with Crippen molar-refractivity contribution in [1.29, 1.82) is 0 Å². The number of carbonyl (C=O) groups excluding carboxylic acids is 1. The van der Waals surface area contributed by atoms with E-state index >= 15 is 0 Å². The average molecular weight is 405 g/mol. The Hall–Kier alpha value is -3.68. The van der Waals surface area contributed by atoms with Crippen molar-refractivity contribution >= 4 is 22.6 Å². The van der Waals surface area contributed by atoms with Gasteiger partial charge in [-0.15, -0.1) is 0 Å². The summed E-state index contributed by atoms with van der Waals surface area (Å²) in [6, 6.07) is 12.0. The van der Waals surface area contributed by atoms with E-state index in [1.807, 2.05) is 25.1 Å². The van der Waals surface area contributed by atoms with Crippen LogP contribution in [0.4, 0.5) is 14.9 Å². The zero-order valence-electron chi connectivity index (χ0n) is 16.7. The lowest BCUT2D eigenvalue weighted by Crippen LogP contribution is -2.31. The molecule has 0 unspecified atom stereocenters. The maximum Gasteiger partial charge on any atom is 0.324 e. The maximum absolute atomic E-state index is 14.3. The molecular weight excluding hydrogens is 385 g/mol. The van der Waals surface area contributed by atoms with Gasteiger partial charge in [0.1, 0.15) is 23.0 Å². The molecule has 0 N–H and O–H groups in total.